The fourth-order valence-corrected chi connectivity index (χ4v) is 4.48. The van der Waals surface area contributed by atoms with E-state index in [0.29, 0.717) is 12.5 Å². The highest BCUT2D eigenvalue weighted by Gasteiger charge is 2.23. The van der Waals surface area contributed by atoms with Crippen LogP contribution in [0.5, 0.6) is 0 Å². The Kier molecular flexibility index (Phi) is 15.7. The molecule has 0 saturated carbocycles. The molecule has 0 unspecified atom stereocenters. The van der Waals surface area contributed by atoms with Crippen molar-refractivity contribution in [1.29, 1.82) is 0 Å². The molecule has 0 aliphatic carbocycles. The SMILES string of the molecule is C=C/C=C(\C)C/C(C)=C/C[C@H](O[Si](C)(C)C)[C@@H](C)/C=C/C=C/C(=O)NC[C@@H](C)CCC=C. The molecule has 0 aliphatic heterocycles. The number of hydrogen-bond donors (Lipinski definition) is 1. The van der Waals surface area contributed by atoms with Crippen LogP contribution in [0, 0.1) is 11.8 Å². The molecule has 0 radical (unpaired) electrons. The molecule has 3 nitrogen and oxygen atoms in total. The van der Waals surface area contributed by atoms with E-state index in [1.54, 1.807) is 6.08 Å². The minimum Gasteiger partial charge on any atom is -0.414 e. The molecule has 32 heavy (non-hydrogen) atoms. The maximum absolute atomic E-state index is 12.0. The molecule has 0 saturated heterocycles. The van der Waals surface area contributed by atoms with Gasteiger partial charge >= 0.3 is 0 Å². The quantitative estimate of drug-likeness (QED) is 0.113. The molecule has 3 atom stereocenters. The molecule has 180 valence electrons. The average Bonchev–Trinajstić information content (AvgIpc) is 2.70. The van der Waals surface area contributed by atoms with Crippen molar-refractivity contribution in [1.82, 2.24) is 5.32 Å². The van der Waals surface area contributed by atoms with E-state index in [4.69, 9.17) is 4.43 Å². The summed E-state index contributed by atoms with van der Waals surface area (Å²) < 4.78 is 6.48. The number of hydrogen-bond acceptors (Lipinski definition) is 2. The average molecular weight is 458 g/mol. The molecule has 0 rings (SSSR count). The Hall–Kier alpha value is -1.91. The number of amides is 1. The molecule has 0 fully saturated rings. The fourth-order valence-electron chi connectivity index (χ4n) is 3.26. The van der Waals surface area contributed by atoms with Gasteiger partial charge in [0.05, 0.1) is 6.10 Å². The monoisotopic (exact) mass is 457 g/mol. The van der Waals surface area contributed by atoms with Crippen LogP contribution in [-0.4, -0.2) is 26.9 Å². The first-order valence-corrected chi connectivity index (χ1v) is 15.2. The Labute approximate surface area is 199 Å². The minimum absolute atomic E-state index is 0.0517. The van der Waals surface area contributed by atoms with Gasteiger partial charge in [-0.25, -0.2) is 0 Å². The van der Waals surface area contributed by atoms with Crippen LogP contribution in [0.15, 0.2) is 72.9 Å². The largest absolute Gasteiger partial charge is 0.414 e. The molecular formula is C28H47NO2Si. The van der Waals surface area contributed by atoms with Crippen LogP contribution in [0.1, 0.15) is 53.4 Å². The molecule has 4 heteroatoms. The first-order valence-electron chi connectivity index (χ1n) is 11.8. The summed E-state index contributed by atoms with van der Waals surface area (Å²) in [4.78, 5) is 12.0. The predicted octanol–water partition coefficient (Wildman–Crippen LogP) is 7.53. The summed E-state index contributed by atoms with van der Waals surface area (Å²) in [6, 6.07) is 0. The summed E-state index contributed by atoms with van der Waals surface area (Å²) >= 11 is 0. The van der Waals surface area contributed by atoms with Crippen LogP contribution in [0.4, 0.5) is 0 Å². The fraction of sp³-hybridized carbons (Fsp3) is 0.536. The standard InChI is InChI=1S/C28H47NO2Si/c1-10-12-16-25(5)22-29-28(30)18-14-13-17-26(6)27(31-32(7,8)9)20-19-24(4)21-23(3)15-11-2/h10-11,13-15,17-19,25-27H,1-2,12,16,20-22H2,3-9H3,(H,29,30)/b17-13+,18-14+,23-15+,24-19+/t25-,26-,27-/m0/s1. The highest BCUT2D eigenvalue weighted by atomic mass is 28.4. The third kappa shape index (κ3) is 16.7. The molecule has 0 aliphatic rings. The van der Waals surface area contributed by atoms with Crippen molar-refractivity contribution in [2.45, 2.75) is 79.1 Å². The second kappa shape index (κ2) is 16.7. The van der Waals surface area contributed by atoms with E-state index in [9.17, 15) is 4.79 Å². The van der Waals surface area contributed by atoms with Crippen molar-refractivity contribution in [3.05, 3.63) is 72.9 Å². The van der Waals surface area contributed by atoms with Gasteiger partial charge < -0.3 is 9.74 Å². The Balaban J connectivity index is 4.87. The van der Waals surface area contributed by atoms with Crippen LogP contribution in [-0.2, 0) is 9.22 Å². The Bertz CT molecular complexity index is 695. The van der Waals surface area contributed by atoms with Gasteiger partial charge in [-0.05, 0) is 71.0 Å². The summed E-state index contributed by atoms with van der Waals surface area (Å²) in [7, 11) is -1.67. The van der Waals surface area contributed by atoms with Gasteiger partial charge in [0.15, 0.2) is 8.32 Å². The summed E-state index contributed by atoms with van der Waals surface area (Å²) in [5.41, 5.74) is 2.66. The lowest BCUT2D eigenvalue weighted by Gasteiger charge is -2.29. The van der Waals surface area contributed by atoms with Gasteiger partial charge in [-0.15, -0.1) is 6.58 Å². The summed E-state index contributed by atoms with van der Waals surface area (Å²) in [5, 5.41) is 2.96. The highest BCUT2D eigenvalue weighted by Crippen LogP contribution is 2.21. The maximum atomic E-state index is 12.0. The number of allylic oxidation sites excluding steroid dienone is 7. The third-order valence-electron chi connectivity index (χ3n) is 5.01. The van der Waals surface area contributed by atoms with Gasteiger partial charge in [-0.1, -0.05) is 74.1 Å². The highest BCUT2D eigenvalue weighted by molar-refractivity contribution is 6.69. The van der Waals surface area contributed by atoms with E-state index in [2.05, 4.69) is 84.0 Å². The lowest BCUT2D eigenvalue weighted by molar-refractivity contribution is -0.116. The lowest BCUT2D eigenvalue weighted by Crippen LogP contribution is -2.34. The predicted molar refractivity (Wildman–Crippen MR) is 144 cm³/mol. The van der Waals surface area contributed by atoms with Crippen molar-refractivity contribution in [3.8, 4) is 0 Å². The van der Waals surface area contributed by atoms with Gasteiger partial charge in [-0.2, -0.15) is 0 Å². The van der Waals surface area contributed by atoms with Crippen LogP contribution in [0.2, 0.25) is 19.6 Å². The van der Waals surface area contributed by atoms with Crippen LogP contribution >= 0.6 is 0 Å². The molecule has 0 aromatic rings. The minimum atomic E-state index is -1.67. The summed E-state index contributed by atoms with van der Waals surface area (Å²) in [6.07, 6.45) is 19.6. The molecule has 1 amide bonds. The Morgan fingerprint density at radius 2 is 1.78 bits per heavy atom. The number of carbonyl (C=O) groups is 1. The Morgan fingerprint density at radius 3 is 2.38 bits per heavy atom. The molecule has 0 bridgehead atoms. The van der Waals surface area contributed by atoms with Crippen molar-refractivity contribution >= 4 is 14.2 Å². The molecule has 0 aromatic heterocycles. The van der Waals surface area contributed by atoms with Crippen LogP contribution in [0.3, 0.4) is 0 Å². The van der Waals surface area contributed by atoms with E-state index in [0.717, 1.165) is 25.7 Å². The number of rotatable bonds is 16. The van der Waals surface area contributed by atoms with E-state index in [-0.39, 0.29) is 17.9 Å². The van der Waals surface area contributed by atoms with Crippen molar-refractivity contribution in [2.75, 3.05) is 6.54 Å². The summed E-state index contributed by atoms with van der Waals surface area (Å²) in [6.45, 7) is 23.5. The zero-order chi connectivity index (χ0) is 24.6. The van der Waals surface area contributed by atoms with Gasteiger partial charge in [0.25, 0.3) is 0 Å². The van der Waals surface area contributed by atoms with Crippen LogP contribution in [0.25, 0.3) is 0 Å². The summed E-state index contributed by atoms with van der Waals surface area (Å²) in [5.74, 6) is 0.652. The van der Waals surface area contributed by atoms with Gasteiger partial charge in [-0.3, -0.25) is 4.79 Å². The van der Waals surface area contributed by atoms with E-state index in [1.807, 2.05) is 24.3 Å². The van der Waals surface area contributed by atoms with Gasteiger partial charge in [0.2, 0.25) is 5.91 Å². The van der Waals surface area contributed by atoms with Crippen molar-refractivity contribution < 1.29 is 9.22 Å². The molecule has 0 spiro atoms. The third-order valence-corrected chi connectivity index (χ3v) is 6.02. The van der Waals surface area contributed by atoms with E-state index in [1.165, 1.54) is 11.1 Å². The maximum Gasteiger partial charge on any atom is 0.243 e. The molecule has 0 heterocycles. The van der Waals surface area contributed by atoms with Gasteiger partial charge in [0.1, 0.15) is 0 Å². The number of nitrogens with one attached hydrogen (secondary N) is 1. The van der Waals surface area contributed by atoms with Gasteiger partial charge in [0, 0.05) is 12.6 Å². The second-order valence-corrected chi connectivity index (χ2v) is 14.3. The topological polar surface area (TPSA) is 38.3 Å². The smallest absolute Gasteiger partial charge is 0.243 e. The zero-order valence-corrected chi connectivity index (χ0v) is 22.6. The normalized spacial score (nSPS) is 16.2. The molecule has 1 N–H and O–H groups in total. The van der Waals surface area contributed by atoms with E-state index >= 15 is 0 Å². The Morgan fingerprint density at radius 1 is 1.09 bits per heavy atom. The van der Waals surface area contributed by atoms with Crippen molar-refractivity contribution in [2.24, 2.45) is 11.8 Å². The first kappa shape index (κ1) is 30.1. The number of carbonyl (C=O) groups excluding carboxylic acids is 1. The second-order valence-electron chi connectivity index (χ2n) is 9.80. The molecular weight excluding hydrogens is 410 g/mol. The zero-order valence-electron chi connectivity index (χ0n) is 21.6. The van der Waals surface area contributed by atoms with E-state index < -0.39 is 8.32 Å². The molecule has 0 aromatic carbocycles. The lowest BCUT2D eigenvalue weighted by atomic mass is 9.98. The first-order chi connectivity index (χ1) is 15.0. The van der Waals surface area contributed by atoms with Crippen LogP contribution < -0.4 is 5.32 Å². The van der Waals surface area contributed by atoms with Crippen molar-refractivity contribution in [3.63, 3.8) is 0 Å².